The van der Waals surface area contributed by atoms with Gasteiger partial charge in [0, 0.05) is 16.7 Å². The van der Waals surface area contributed by atoms with Gasteiger partial charge in [-0.1, -0.05) is 30.0 Å². The van der Waals surface area contributed by atoms with Gasteiger partial charge in [-0.15, -0.1) is 0 Å². The van der Waals surface area contributed by atoms with E-state index in [9.17, 15) is 14.4 Å². The molecule has 0 bridgehead atoms. The zero-order valence-electron chi connectivity index (χ0n) is 13.4. The average molecular weight is 335 g/mol. The van der Waals surface area contributed by atoms with Crippen LogP contribution in [0.15, 0.2) is 54.6 Å². The first-order valence-corrected chi connectivity index (χ1v) is 7.55. The standard InChI is InChI=1S/C19H17N3O3/c20-18(24)15-10-8-14(9-11-15)5-4-12-21-17(23)13-22-19(25)16-6-2-1-3-7-16/h1-3,6-11H,12-13H2,(H2,20,24)(H,21,23)(H,22,25). The number of hydrogen-bond donors (Lipinski definition) is 3. The Balaban J connectivity index is 1.74. The van der Waals surface area contributed by atoms with Crippen molar-refractivity contribution >= 4 is 17.7 Å². The maximum absolute atomic E-state index is 11.8. The molecule has 0 radical (unpaired) electrons. The molecule has 2 aromatic rings. The fourth-order valence-electron chi connectivity index (χ4n) is 1.92. The van der Waals surface area contributed by atoms with Crippen molar-refractivity contribution in [3.63, 3.8) is 0 Å². The Hall–Kier alpha value is -3.59. The second-order valence-corrected chi connectivity index (χ2v) is 5.07. The molecule has 0 atom stereocenters. The number of nitrogens with two attached hydrogens (primary N) is 1. The van der Waals surface area contributed by atoms with Crippen LogP contribution in [-0.4, -0.2) is 30.8 Å². The Kier molecular flexibility index (Phi) is 6.32. The predicted octanol–water partition coefficient (Wildman–Crippen LogP) is 0.683. The molecule has 6 heteroatoms. The molecule has 0 aliphatic rings. The molecule has 126 valence electrons. The number of rotatable bonds is 5. The molecular weight excluding hydrogens is 318 g/mol. The largest absolute Gasteiger partial charge is 0.366 e. The van der Waals surface area contributed by atoms with E-state index in [1.54, 1.807) is 48.5 Å². The van der Waals surface area contributed by atoms with Crippen LogP contribution in [0.1, 0.15) is 26.3 Å². The lowest BCUT2D eigenvalue weighted by molar-refractivity contribution is -0.119. The van der Waals surface area contributed by atoms with E-state index in [4.69, 9.17) is 5.73 Å². The Morgan fingerprint density at radius 2 is 1.56 bits per heavy atom. The molecule has 0 unspecified atom stereocenters. The number of nitrogens with one attached hydrogen (secondary N) is 2. The SMILES string of the molecule is NC(=O)c1ccc(C#CCNC(=O)CNC(=O)c2ccccc2)cc1. The maximum Gasteiger partial charge on any atom is 0.251 e. The number of carbonyl (C=O) groups excluding carboxylic acids is 3. The Bertz CT molecular complexity index is 818. The normalized spacial score (nSPS) is 9.44. The van der Waals surface area contributed by atoms with E-state index in [0.717, 1.165) is 0 Å². The van der Waals surface area contributed by atoms with Crippen molar-refractivity contribution in [3.8, 4) is 11.8 Å². The van der Waals surface area contributed by atoms with Gasteiger partial charge in [0.1, 0.15) is 0 Å². The van der Waals surface area contributed by atoms with Crippen molar-refractivity contribution in [1.29, 1.82) is 0 Å². The summed E-state index contributed by atoms with van der Waals surface area (Å²) in [5, 5.41) is 5.12. The maximum atomic E-state index is 11.8. The number of carbonyl (C=O) groups is 3. The average Bonchev–Trinajstić information content (AvgIpc) is 2.64. The molecule has 0 saturated carbocycles. The molecule has 0 aliphatic carbocycles. The topological polar surface area (TPSA) is 101 Å². The molecule has 6 nitrogen and oxygen atoms in total. The first-order chi connectivity index (χ1) is 12.1. The number of amides is 3. The summed E-state index contributed by atoms with van der Waals surface area (Å²) in [6.07, 6.45) is 0. The second-order valence-electron chi connectivity index (χ2n) is 5.07. The van der Waals surface area contributed by atoms with Crippen molar-refractivity contribution in [2.24, 2.45) is 5.73 Å². The van der Waals surface area contributed by atoms with Crippen molar-refractivity contribution in [3.05, 3.63) is 71.3 Å². The quantitative estimate of drug-likeness (QED) is 0.701. The molecule has 0 fully saturated rings. The van der Waals surface area contributed by atoms with Crippen LogP contribution in [0.2, 0.25) is 0 Å². The molecule has 0 aliphatic heterocycles. The minimum absolute atomic E-state index is 0.122. The summed E-state index contributed by atoms with van der Waals surface area (Å²) in [5.74, 6) is 4.51. The van der Waals surface area contributed by atoms with E-state index >= 15 is 0 Å². The molecule has 0 aromatic heterocycles. The van der Waals surface area contributed by atoms with Gasteiger partial charge in [0.25, 0.3) is 5.91 Å². The molecule has 0 spiro atoms. The Morgan fingerprint density at radius 1 is 0.880 bits per heavy atom. The van der Waals surface area contributed by atoms with Crippen molar-refractivity contribution in [2.75, 3.05) is 13.1 Å². The fraction of sp³-hybridized carbons (Fsp3) is 0.105. The molecule has 0 saturated heterocycles. The number of benzene rings is 2. The first-order valence-electron chi connectivity index (χ1n) is 7.55. The minimum atomic E-state index is -0.496. The van der Waals surface area contributed by atoms with Crippen LogP contribution in [0.25, 0.3) is 0 Å². The van der Waals surface area contributed by atoms with Crippen LogP contribution in [0.4, 0.5) is 0 Å². The third kappa shape index (κ3) is 5.84. The van der Waals surface area contributed by atoms with Gasteiger partial charge in [-0.25, -0.2) is 0 Å². The number of hydrogen-bond acceptors (Lipinski definition) is 3. The van der Waals surface area contributed by atoms with Gasteiger partial charge in [0.15, 0.2) is 0 Å². The minimum Gasteiger partial charge on any atom is -0.366 e. The van der Waals surface area contributed by atoms with Crippen LogP contribution in [0.5, 0.6) is 0 Å². The lowest BCUT2D eigenvalue weighted by Crippen LogP contribution is -2.37. The van der Waals surface area contributed by atoms with Crippen molar-refractivity contribution in [2.45, 2.75) is 0 Å². The summed E-state index contributed by atoms with van der Waals surface area (Å²) in [7, 11) is 0. The van der Waals surface area contributed by atoms with E-state index in [2.05, 4.69) is 22.5 Å². The smallest absolute Gasteiger partial charge is 0.251 e. The fourth-order valence-corrected chi connectivity index (χ4v) is 1.92. The van der Waals surface area contributed by atoms with Crippen molar-refractivity contribution < 1.29 is 14.4 Å². The molecule has 0 heterocycles. The molecule has 3 amide bonds. The monoisotopic (exact) mass is 335 g/mol. The van der Waals surface area contributed by atoms with Crippen LogP contribution in [-0.2, 0) is 4.79 Å². The molecule has 25 heavy (non-hydrogen) atoms. The first kappa shape index (κ1) is 17.8. The molecule has 2 rings (SSSR count). The van der Waals surface area contributed by atoms with Gasteiger partial charge in [0.2, 0.25) is 11.8 Å². The predicted molar refractivity (Wildman–Crippen MR) is 93.6 cm³/mol. The van der Waals surface area contributed by atoms with Crippen LogP contribution >= 0.6 is 0 Å². The van der Waals surface area contributed by atoms with Gasteiger partial charge >= 0.3 is 0 Å². The van der Waals surface area contributed by atoms with Gasteiger partial charge in [-0.2, -0.15) is 0 Å². The van der Waals surface area contributed by atoms with Gasteiger partial charge in [-0.3, -0.25) is 14.4 Å². The van der Waals surface area contributed by atoms with E-state index < -0.39 is 5.91 Å². The molecule has 2 aromatic carbocycles. The summed E-state index contributed by atoms with van der Waals surface area (Å²) in [6.45, 7) is 0.0281. The summed E-state index contributed by atoms with van der Waals surface area (Å²) in [5.41, 5.74) is 6.76. The zero-order chi connectivity index (χ0) is 18.1. The van der Waals surface area contributed by atoms with Crippen LogP contribution < -0.4 is 16.4 Å². The highest BCUT2D eigenvalue weighted by atomic mass is 16.2. The van der Waals surface area contributed by atoms with E-state index in [1.807, 2.05) is 6.07 Å². The lowest BCUT2D eigenvalue weighted by atomic mass is 10.1. The van der Waals surface area contributed by atoms with E-state index in [0.29, 0.717) is 16.7 Å². The lowest BCUT2D eigenvalue weighted by Gasteiger charge is -2.04. The summed E-state index contributed by atoms with van der Waals surface area (Å²) in [4.78, 5) is 34.4. The van der Waals surface area contributed by atoms with Gasteiger partial charge in [0.05, 0.1) is 13.1 Å². The summed E-state index contributed by atoms with van der Waals surface area (Å²) in [6, 6.07) is 15.2. The molecular formula is C19H17N3O3. The van der Waals surface area contributed by atoms with E-state index in [-0.39, 0.29) is 24.9 Å². The number of primary amides is 1. The second kappa shape index (κ2) is 8.89. The highest BCUT2D eigenvalue weighted by Crippen LogP contribution is 2.02. The third-order valence-corrected chi connectivity index (χ3v) is 3.22. The summed E-state index contributed by atoms with van der Waals surface area (Å²) >= 11 is 0. The highest BCUT2D eigenvalue weighted by molar-refractivity contribution is 5.96. The Morgan fingerprint density at radius 3 is 2.20 bits per heavy atom. The molecule has 4 N–H and O–H groups in total. The van der Waals surface area contributed by atoms with Crippen LogP contribution in [0, 0.1) is 11.8 Å². The van der Waals surface area contributed by atoms with Crippen molar-refractivity contribution in [1.82, 2.24) is 10.6 Å². The van der Waals surface area contributed by atoms with E-state index in [1.165, 1.54) is 0 Å². The van der Waals surface area contributed by atoms with Crippen LogP contribution in [0.3, 0.4) is 0 Å². The highest BCUT2D eigenvalue weighted by Gasteiger charge is 2.06. The summed E-state index contributed by atoms with van der Waals surface area (Å²) < 4.78 is 0. The zero-order valence-corrected chi connectivity index (χ0v) is 13.4. The Labute approximate surface area is 145 Å². The van der Waals surface area contributed by atoms with Gasteiger partial charge < -0.3 is 16.4 Å². The van der Waals surface area contributed by atoms with Gasteiger partial charge in [-0.05, 0) is 36.4 Å². The third-order valence-electron chi connectivity index (χ3n) is 3.22.